The van der Waals surface area contributed by atoms with Crippen molar-refractivity contribution in [1.82, 2.24) is 15.5 Å². The Kier molecular flexibility index (Phi) is 3.99. The van der Waals surface area contributed by atoms with E-state index in [-0.39, 0.29) is 11.5 Å². The van der Waals surface area contributed by atoms with Gasteiger partial charge < -0.3 is 9.73 Å². The maximum Gasteiger partial charge on any atom is 0.250 e. The number of likely N-dealkylation sites (N-methyl/N-ethyl adjacent to an activating group) is 1. The van der Waals surface area contributed by atoms with Crippen LogP contribution in [0.3, 0.4) is 0 Å². The summed E-state index contributed by atoms with van der Waals surface area (Å²) in [6.07, 6.45) is 0.553. The normalized spacial score (nSPS) is 10.8. The molecule has 0 aliphatic carbocycles. The van der Waals surface area contributed by atoms with Gasteiger partial charge >= 0.3 is 0 Å². The van der Waals surface area contributed by atoms with Crippen molar-refractivity contribution in [3.8, 4) is 11.5 Å². The summed E-state index contributed by atoms with van der Waals surface area (Å²) in [7, 11) is 0. The second-order valence-electron chi connectivity index (χ2n) is 3.71. The molecule has 18 heavy (non-hydrogen) atoms. The van der Waals surface area contributed by atoms with Crippen molar-refractivity contribution in [2.45, 2.75) is 13.3 Å². The van der Waals surface area contributed by atoms with E-state index in [2.05, 4.69) is 15.5 Å². The molecule has 0 aliphatic rings. The predicted octanol–water partition coefficient (Wildman–Crippen LogP) is 2.17. The number of halogens is 2. The van der Waals surface area contributed by atoms with Crippen molar-refractivity contribution in [1.29, 1.82) is 0 Å². The standard InChI is InChI=1S/C12H13F2N3O/c1-2-15-7-6-10-16-17-12(18-10)8-4-3-5-9(13)11(8)14/h3-5,15H,2,6-7H2,1H3. The van der Waals surface area contributed by atoms with Gasteiger partial charge in [0.05, 0.1) is 5.56 Å². The maximum atomic E-state index is 13.5. The van der Waals surface area contributed by atoms with Gasteiger partial charge in [0.15, 0.2) is 11.6 Å². The highest BCUT2D eigenvalue weighted by Gasteiger charge is 2.15. The number of hydrogen-bond donors (Lipinski definition) is 1. The molecule has 4 nitrogen and oxygen atoms in total. The molecular formula is C12H13F2N3O. The number of nitrogens with one attached hydrogen (secondary N) is 1. The SMILES string of the molecule is CCNCCc1nnc(-c2cccc(F)c2F)o1. The Morgan fingerprint density at radius 3 is 2.89 bits per heavy atom. The van der Waals surface area contributed by atoms with Gasteiger partial charge in [-0.1, -0.05) is 13.0 Å². The van der Waals surface area contributed by atoms with Gasteiger partial charge in [-0.25, -0.2) is 8.78 Å². The van der Waals surface area contributed by atoms with E-state index in [0.29, 0.717) is 18.9 Å². The molecular weight excluding hydrogens is 240 g/mol. The van der Waals surface area contributed by atoms with E-state index < -0.39 is 11.6 Å². The maximum absolute atomic E-state index is 13.5. The Balaban J connectivity index is 2.16. The van der Waals surface area contributed by atoms with Crippen LogP contribution in [-0.4, -0.2) is 23.3 Å². The van der Waals surface area contributed by atoms with Crippen LogP contribution < -0.4 is 5.32 Å². The fourth-order valence-electron chi connectivity index (χ4n) is 1.50. The van der Waals surface area contributed by atoms with Crippen LogP contribution in [0.15, 0.2) is 22.6 Å². The van der Waals surface area contributed by atoms with E-state index in [4.69, 9.17) is 4.42 Å². The molecule has 1 N–H and O–H groups in total. The zero-order chi connectivity index (χ0) is 13.0. The molecule has 2 aromatic rings. The topological polar surface area (TPSA) is 51.0 Å². The Morgan fingerprint density at radius 1 is 1.28 bits per heavy atom. The summed E-state index contributed by atoms with van der Waals surface area (Å²) in [5.74, 6) is -1.51. The molecule has 0 saturated heterocycles. The molecule has 96 valence electrons. The molecule has 0 atom stereocenters. The van der Waals surface area contributed by atoms with E-state index in [0.717, 1.165) is 12.6 Å². The highest BCUT2D eigenvalue weighted by Crippen LogP contribution is 2.23. The first-order valence-corrected chi connectivity index (χ1v) is 5.70. The Morgan fingerprint density at radius 2 is 2.11 bits per heavy atom. The third-order valence-corrected chi connectivity index (χ3v) is 2.41. The van der Waals surface area contributed by atoms with Crippen molar-refractivity contribution in [2.24, 2.45) is 0 Å². The number of rotatable bonds is 5. The molecule has 0 saturated carbocycles. The van der Waals surface area contributed by atoms with Gasteiger partial charge in [0.25, 0.3) is 5.89 Å². The van der Waals surface area contributed by atoms with E-state index >= 15 is 0 Å². The minimum Gasteiger partial charge on any atom is -0.421 e. The first kappa shape index (κ1) is 12.6. The summed E-state index contributed by atoms with van der Waals surface area (Å²) in [5, 5.41) is 10.6. The highest BCUT2D eigenvalue weighted by atomic mass is 19.2. The smallest absolute Gasteiger partial charge is 0.250 e. The minimum atomic E-state index is -0.973. The quantitative estimate of drug-likeness (QED) is 0.830. The van der Waals surface area contributed by atoms with Gasteiger partial charge in [0.2, 0.25) is 5.89 Å². The van der Waals surface area contributed by atoms with Crippen molar-refractivity contribution in [3.05, 3.63) is 35.7 Å². The molecule has 1 heterocycles. The molecule has 2 rings (SSSR count). The fourth-order valence-corrected chi connectivity index (χ4v) is 1.50. The largest absolute Gasteiger partial charge is 0.421 e. The third-order valence-electron chi connectivity index (χ3n) is 2.41. The van der Waals surface area contributed by atoms with Crippen LogP contribution in [0.2, 0.25) is 0 Å². The zero-order valence-electron chi connectivity index (χ0n) is 9.91. The lowest BCUT2D eigenvalue weighted by Gasteiger charge is -1.98. The molecule has 0 unspecified atom stereocenters. The fraction of sp³-hybridized carbons (Fsp3) is 0.333. The molecule has 0 spiro atoms. The molecule has 0 fully saturated rings. The lowest BCUT2D eigenvalue weighted by molar-refractivity contribution is 0.482. The first-order chi connectivity index (χ1) is 8.72. The second-order valence-corrected chi connectivity index (χ2v) is 3.71. The van der Waals surface area contributed by atoms with Crippen molar-refractivity contribution in [2.75, 3.05) is 13.1 Å². The van der Waals surface area contributed by atoms with Crippen molar-refractivity contribution in [3.63, 3.8) is 0 Å². The van der Waals surface area contributed by atoms with Crippen LogP contribution in [0.1, 0.15) is 12.8 Å². The molecule has 0 amide bonds. The van der Waals surface area contributed by atoms with Gasteiger partial charge in [-0.3, -0.25) is 0 Å². The summed E-state index contributed by atoms with van der Waals surface area (Å²) in [4.78, 5) is 0. The van der Waals surface area contributed by atoms with Gasteiger partial charge in [-0.15, -0.1) is 10.2 Å². The van der Waals surface area contributed by atoms with E-state index in [1.54, 1.807) is 0 Å². The number of nitrogens with zero attached hydrogens (tertiary/aromatic N) is 2. The minimum absolute atomic E-state index is 0.00139. The summed E-state index contributed by atoms with van der Waals surface area (Å²) >= 11 is 0. The van der Waals surface area contributed by atoms with Gasteiger partial charge in [-0.2, -0.15) is 0 Å². The van der Waals surface area contributed by atoms with Crippen LogP contribution in [0.25, 0.3) is 11.5 Å². The van der Waals surface area contributed by atoms with Crippen LogP contribution in [0, 0.1) is 11.6 Å². The summed E-state index contributed by atoms with van der Waals surface area (Å²) in [6.45, 7) is 3.53. The predicted molar refractivity (Wildman–Crippen MR) is 61.9 cm³/mol. The average Bonchev–Trinajstić information content (AvgIpc) is 2.82. The van der Waals surface area contributed by atoms with Gasteiger partial charge in [0, 0.05) is 13.0 Å². The van der Waals surface area contributed by atoms with Crippen molar-refractivity contribution < 1.29 is 13.2 Å². The van der Waals surface area contributed by atoms with E-state index in [9.17, 15) is 8.78 Å². The van der Waals surface area contributed by atoms with Crippen molar-refractivity contribution >= 4 is 0 Å². The third kappa shape index (κ3) is 2.70. The van der Waals surface area contributed by atoms with Crippen LogP contribution >= 0.6 is 0 Å². The molecule has 1 aromatic heterocycles. The number of hydrogen-bond acceptors (Lipinski definition) is 4. The van der Waals surface area contributed by atoms with Gasteiger partial charge in [-0.05, 0) is 18.7 Å². The number of aromatic nitrogens is 2. The molecule has 0 radical (unpaired) electrons. The Labute approximate surface area is 103 Å². The lowest BCUT2D eigenvalue weighted by Crippen LogP contribution is -2.16. The molecule has 0 aliphatic heterocycles. The zero-order valence-corrected chi connectivity index (χ0v) is 9.91. The van der Waals surface area contributed by atoms with Crippen LogP contribution in [-0.2, 0) is 6.42 Å². The first-order valence-electron chi connectivity index (χ1n) is 5.70. The molecule has 6 heteroatoms. The number of benzene rings is 1. The Hall–Kier alpha value is -1.82. The van der Waals surface area contributed by atoms with E-state index in [1.807, 2.05) is 6.92 Å². The average molecular weight is 253 g/mol. The molecule has 1 aromatic carbocycles. The molecule has 0 bridgehead atoms. The summed E-state index contributed by atoms with van der Waals surface area (Å²) in [5.41, 5.74) is -0.0165. The Bertz CT molecular complexity index is 528. The monoisotopic (exact) mass is 253 g/mol. The lowest BCUT2D eigenvalue weighted by atomic mass is 10.2. The van der Waals surface area contributed by atoms with Gasteiger partial charge in [0.1, 0.15) is 0 Å². The second kappa shape index (κ2) is 5.68. The van der Waals surface area contributed by atoms with E-state index in [1.165, 1.54) is 12.1 Å². The van der Waals surface area contributed by atoms with Crippen LogP contribution in [0.5, 0.6) is 0 Å². The van der Waals surface area contributed by atoms with Crippen LogP contribution in [0.4, 0.5) is 8.78 Å². The summed E-state index contributed by atoms with van der Waals surface area (Å²) in [6, 6.07) is 3.84. The highest BCUT2D eigenvalue weighted by molar-refractivity contribution is 5.53. The summed E-state index contributed by atoms with van der Waals surface area (Å²) < 4.78 is 31.8.